The molecule has 1 aromatic rings. The van der Waals surface area contributed by atoms with Crippen LogP contribution in [0.2, 0.25) is 0 Å². The molecule has 0 spiro atoms. The molecule has 0 saturated heterocycles. The third-order valence-electron chi connectivity index (χ3n) is 3.93. The Morgan fingerprint density at radius 3 is 2.16 bits per heavy atom. The maximum atomic E-state index is 12.5. The van der Waals surface area contributed by atoms with Gasteiger partial charge in [0.1, 0.15) is 11.1 Å². The van der Waals surface area contributed by atoms with E-state index >= 15 is 0 Å². The lowest BCUT2D eigenvalue weighted by atomic mass is 10.1. The Balaban J connectivity index is 1.96. The molecular formula is C18H24N2O5. The van der Waals surface area contributed by atoms with Crippen molar-refractivity contribution >= 4 is 18.0 Å². The molecule has 0 unspecified atom stereocenters. The topological polar surface area (TPSA) is 105 Å². The largest absolute Gasteiger partial charge is 0.478 e. The molecule has 0 aromatic heterocycles. The van der Waals surface area contributed by atoms with Gasteiger partial charge in [-0.3, -0.25) is 4.79 Å². The molecule has 1 fully saturated rings. The number of alkyl carbamates (subject to hydrolysis) is 1. The SMILES string of the molecule is C[C@@H](NC(=O)C1(NC(=O)OC(C)(C)C)CC1)c1ccc(C(=O)O)cc1. The molecule has 1 aliphatic carbocycles. The molecule has 2 rings (SSSR count). The Morgan fingerprint density at radius 1 is 1.16 bits per heavy atom. The molecule has 1 aliphatic rings. The van der Waals surface area contributed by atoms with Gasteiger partial charge in [0.25, 0.3) is 0 Å². The van der Waals surface area contributed by atoms with Crippen molar-refractivity contribution in [3.8, 4) is 0 Å². The van der Waals surface area contributed by atoms with Gasteiger partial charge in [0, 0.05) is 0 Å². The van der Waals surface area contributed by atoms with Gasteiger partial charge in [-0.2, -0.15) is 0 Å². The van der Waals surface area contributed by atoms with Gasteiger partial charge in [0.2, 0.25) is 5.91 Å². The Bertz CT molecular complexity index is 672. The first-order valence-corrected chi connectivity index (χ1v) is 8.18. The first-order chi connectivity index (χ1) is 11.5. The molecule has 0 heterocycles. The summed E-state index contributed by atoms with van der Waals surface area (Å²) in [6.45, 7) is 7.08. The van der Waals surface area contributed by atoms with Crippen molar-refractivity contribution in [2.75, 3.05) is 0 Å². The highest BCUT2D eigenvalue weighted by Gasteiger charge is 2.52. The number of hydrogen-bond acceptors (Lipinski definition) is 4. The van der Waals surface area contributed by atoms with E-state index < -0.39 is 23.2 Å². The van der Waals surface area contributed by atoms with E-state index in [-0.39, 0.29) is 17.5 Å². The molecule has 7 heteroatoms. The summed E-state index contributed by atoms with van der Waals surface area (Å²) >= 11 is 0. The summed E-state index contributed by atoms with van der Waals surface area (Å²) in [4.78, 5) is 35.3. The standard InChI is InChI=1S/C18H24N2O5/c1-11(12-5-7-13(8-6-12)14(21)22)19-15(23)18(9-10-18)20-16(24)25-17(2,3)4/h5-8,11H,9-10H2,1-4H3,(H,19,23)(H,20,24)(H,21,22)/t11-/m1/s1. The van der Waals surface area contributed by atoms with Crippen LogP contribution < -0.4 is 10.6 Å². The average Bonchev–Trinajstić information content (AvgIpc) is 3.26. The van der Waals surface area contributed by atoms with Gasteiger partial charge >= 0.3 is 12.1 Å². The molecule has 0 bridgehead atoms. The molecule has 25 heavy (non-hydrogen) atoms. The van der Waals surface area contributed by atoms with E-state index in [4.69, 9.17) is 9.84 Å². The van der Waals surface area contributed by atoms with Gasteiger partial charge in [0.05, 0.1) is 11.6 Å². The first-order valence-electron chi connectivity index (χ1n) is 8.18. The molecule has 1 saturated carbocycles. The highest BCUT2D eigenvalue weighted by Crippen LogP contribution is 2.36. The second-order valence-corrected chi connectivity index (χ2v) is 7.33. The van der Waals surface area contributed by atoms with Gasteiger partial charge in [-0.25, -0.2) is 9.59 Å². The van der Waals surface area contributed by atoms with Crippen LogP contribution in [0.25, 0.3) is 0 Å². The lowest BCUT2D eigenvalue weighted by Gasteiger charge is -2.24. The predicted molar refractivity (Wildman–Crippen MR) is 91.3 cm³/mol. The Labute approximate surface area is 146 Å². The summed E-state index contributed by atoms with van der Waals surface area (Å²) in [6, 6.07) is 6.00. The van der Waals surface area contributed by atoms with Crippen LogP contribution in [0.5, 0.6) is 0 Å². The number of rotatable bonds is 5. The maximum Gasteiger partial charge on any atom is 0.408 e. The number of carbonyl (C=O) groups excluding carboxylic acids is 2. The van der Waals surface area contributed by atoms with Crippen molar-refractivity contribution in [2.24, 2.45) is 0 Å². The van der Waals surface area contributed by atoms with Crippen molar-refractivity contribution in [2.45, 2.75) is 57.7 Å². The van der Waals surface area contributed by atoms with E-state index in [1.807, 2.05) is 0 Å². The quantitative estimate of drug-likeness (QED) is 0.759. The fourth-order valence-electron chi connectivity index (χ4n) is 2.37. The molecule has 0 radical (unpaired) electrons. The highest BCUT2D eigenvalue weighted by atomic mass is 16.6. The van der Waals surface area contributed by atoms with Crippen molar-refractivity contribution < 1.29 is 24.2 Å². The number of aromatic carboxylic acids is 1. The number of carboxylic acids is 1. The van der Waals surface area contributed by atoms with Crippen LogP contribution >= 0.6 is 0 Å². The van der Waals surface area contributed by atoms with E-state index in [1.54, 1.807) is 39.8 Å². The van der Waals surface area contributed by atoms with Gasteiger partial charge in [0.15, 0.2) is 0 Å². The zero-order valence-electron chi connectivity index (χ0n) is 14.9. The second kappa shape index (κ2) is 6.74. The van der Waals surface area contributed by atoms with Gasteiger partial charge in [-0.15, -0.1) is 0 Å². The minimum atomic E-state index is -0.998. The van der Waals surface area contributed by atoms with Crippen LogP contribution in [-0.4, -0.2) is 34.2 Å². The summed E-state index contributed by atoms with van der Waals surface area (Å²) in [6.07, 6.45) is 0.504. The van der Waals surface area contributed by atoms with Crippen molar-refractivity contribution in [1.82, 2.24) is 10.6 Å². The maximum absolute atomic E-state index is 12.5. The Kier molecular flexibility index (Phi) is 5.06. The van der Waals surface area contributed by atoms with Gasteiger partial charge < -0.3 is 20.5 Å². The van der Waals surface area contributed by atoms with E-state index in [1.165, 1.54) is 12.1 Å². The Hall–Kier alpha value is -2.57. The van der Waals surface area contributed by atoms with Crippen molar-refractivity contribution in [3.05, 3.63) is 35.4 Å². The van der Waals surface area contributed by atoms with Crippen LogP contribution in [0.1, 0.15) is 62.5 Å². The normalized spacial score (nSPS) is 16.5. The van der Waals surface area contributed by atoms with Crippen LogP contribution in [0, 0.1) is 0 Å². The number of carboxylic acid groups (broad SMARTS) is 1. The summed E-state index contributed by atoms with van der Waals surface area (Å²) in [7, 11) is 0. The number of hydrogen-bond donors (Lipinski definition) is 3. The number of ether oxygens (including phenoxy) is 1. The second-order valence-electron chi connectivity index (χ2n) is 7.33. The zero-order valence-corrected chi connectivity index (χ0v) is 14.9. The molecule has 3 N–H and O–H groups in total. The number of nitrogens with one attached hydrogen (secondary N) is 2. The van der Waals surface area contributed by atoms with Crippen LogP contribution in [-0.2, 0) is 9.53 Å². The number of benzene rings is 1. The van der Waals surface area contributed by atoms with Crippen LogP contribution in [0.4, 0.5) is 4.79 Å². The molecule has 2 amide bonds. The summed E-state index contributed by atoms with van der Waals surface area (Å²) in [5.41, 5.74) is -0.577. The monoisotopic (exact) mass is 348 g/mol. The lowest BCUT2D eigenvalue weighted by Crippen LogP contribution is -2.50. The fourth-order valence-corrected chi connectivity index (χ4v) is 2.37. The summed E-state index contributed by atoms with van der Waals surface area (Å²) < 4.78 is 5.20. The van der Waals surface area contributed by atoms with E-state index in [0.29, 0.717) is 12.8 Å². The smallest absolute Gasteiger partial charge is 0.408 e. The molecule has 1 aromatic carbocycles. The number of amides is 2. The fraction of sp³-hybridized carbons (Fsp3) is 0.500. The van der Waals surface area contributed by atoms with Gasteiger partial charge in [-0.1, -0.05) is 12.1 Å². The molecule has 1 atom stereocenters. The number of carbonyl (C=O) groups is 3. The predicted octanol–water partition coefficient (Wildman–Crippen LogP) is 2.62. The van der Waals surface area contributed by atoms with E-state index in [2.05, 4.69) is 10.6 Å². The minimum Gasteiger partial charge on any atom is -0.478 e. The van der Waals surface area contributed by atoms with E-state index in [9.17, 15) is 14.4 Å². The molecular weight excluding hydrogens is 324 g/mol. The zero-order chi connectivity index (χ0) is 18.8. The average molecular weight is 348 g/mol. The molecule has 0 aliphatic heterocycles. The van der Waals surface area contributed by atoms with Crippen LogP contribution in [0.3, 0.4) is 0 Å². The third kappa shape index (κ3) is 4.95. The van der Waals surface area contributed by atoms with E-state index in [0.717, 1.165) is 5.56 Å². The van der Waals surface area contributed by atoms with Crippen LogP contribution in [0.15, 0.2) is 24.3 Å². The highest BCUT2D eigenvalue weighted by molar-refractivity contribution is 5.93. The summed E-state index contributed by atoms with van der Waals surface area (Å²) in [5, 5.41) is 14.4. The Morgan fingerprint density at radius 2 is 1.72 bits per heavy atom. The minimum absolute atomic E-state index is 0.188. The third-order valence-corrected chi connectivity index (χ3v) is 3.93. The molecule has 7 nitrogen and oxygen atoms in total. The van der Waals surface area contributed by atoms with Crippen molar-refractivity contribution in [1.29, 1.82) is 0 Å². The van der Waals surface area contributed by atoms with Gasteiger partial charge in [-0.05, 0) is 58.2 Å². The summed E-state index contributed by atoms with van der Waals surface area (Å²) in [5.74, 6) is -1.27. The lowest BCUT2D eigenvalue weighted by molar-refractivity contribution is -0.124. The molecule has 136 valence electrons. The van der Waals surface area contributed by atoms with Crippen molar-refractivity contribution in [3.63, 3.8) is 0 Å². The first kappa shape index (κ1) is 18.8.